The molecule has 0 saturated carbocycles. The molecule has 0 spiro atoms. The van der Waals surface area contributed by atoms with E-state index < -0.39 is 0 Å². The average Bonchev–Trinajstić information content (AvgIpc) is 2.68. The molecule has 2 aliphatic heterocycles. The van der Waals surface area contributed by atoms with Crippen molar-refractivity contribution in [2.45, 2.75) is 45.0 Å². The second-order valence-electron chi connectivity index (χ2n) is 7.62. The molecule has 1 aromatic rings. The first kappa shape index (κ1) is 20.6. The van der Waals surface area contributed by atoms with Crippen molar-refractivity contribution in [3.8, 4) is 5.75 Å². The molecule has 7 heteroatoms. The van der Waals surface area contributed by atoms with Crippen molar-refractivity contribution in [2.75, 3.05) is 39.9 Å². The summed E-state index contributed by atoms with van der Waals surface area (Å²) in [7, 11) is 1.53. The third-order valence-corrected chi connectivity index (χ3v) is 5.17. The second-order valence-corrected chi connectivity index (χ2v) is 7.62. The number of piperidine rings is 1. The second kappa shape index (κ2) is 9.39. The van der Waals surface area contributed by atoms with Crippen LogP contribution in [0.5, 0.6) is 5.75 Å². The van der Waals surface area contributed by atoms with Gasteiger partial charge in [-0.05, 0) is 38.1 Å². The summed E-state index contributed by atoms with van der Waals surface area (Å²) >= 11 is 0. The Hall–Kier alpha value is -2.12. The van der Waals surface area contributed by atoms with Crippen LogP contribution in [-0.2, 0) is 14.3 Å². The maximum absolute atomic E-state index is 12.7. The van der Waals surface area contributed by atoms with Crippen LogP contribution in [0.1, 0.15) is 37.0 Å². The SMILES string of the molecule is COCC(=O)N1CCC(Oc2ccc(C(=O)N3C[C@@H](C)O[C@@H](C)C3)cc2)CC1. The summed E-state index contributed by atoms with van der Waals surface area (Å²) < 4.78 is 16.6. The van der Waals surface area contributed by atoms with Gasteiger partial charge in [0, 0.05) is 51.7 Å². The Morgan fingerprint density at radius 3 is 2.21 bits per heavy atom. The first-order valence-corrected chi connectivity index (χ1v) is 9.94. The summed E-state index contributed by atoms with van der Waals surface area (Å²) in [5.74, 6) is 0.802. The number of morpholine rings is 1. The lowest BCUT2D eigenvalue weighted by Crippen LogP contribution is -2.48. The molecule has 3 rings (SSSR count). The van der Waals surface area contributed by atoms with Gasteiger partial charge < -0.3 is 24.0 Å². The van der Waals surface area contributed by atoms with E-state index in [0.29, 0.717) is 31.7 Å². The smallest absolute Gasteiger partial charge is 0.254 e. The van der Waals surface area contributed by atoms with Crippen LogP contribution in [0.25, 0.3) is 0 Å². The van der Waals surface area contributed by atoms with Crippen LogP contribution in [-0.4, -0.2) is 79.8 Å². The highest BCUT2D eigenvalue weighted by Crippen LogP contribution is 2.21. The van der Waals surface area contributed by atoms with Crippen LogP contribution in [0.2, 0.25) is 0 Å². The standard InChI is InChI=1S/C21H30N2O5/c1-15-12-23(13-16(2)27-15)21(25)17-4-6-18(7-5-17)28-19-8-10-22(11-9-19)20(24)14-26-3/h4-7,15-16,19H,8-14H2,1-3H3/t15-,16+. The number of amides is 2. The van der Waals surface area contributed by atoms with Crippen molar-refractivity contribution in [2.24, 2.45) is 0 Å². The van der Waals surface area contributed by atoms with E-state index >= 15 is 0 Å². The number of hydrogen-bond acceptors (Lipinski definition) is 5. The first-order chi connectivity index (χ1) is 13.5. The van der Waals surface area contributed by atoms with Gasteiger partial charge in [-0.15, -0.1) is 0 Å². The molecule has 0 aromatic heterocycles. The topological polar surface area (TPSA) is 68.3 Å². The number of rotatable bonds is 5. The lowest BCUT2D eigenvalue weighted by atomic mass is 10.1. The van der Waals surface area contributed by atoms with E-state index in [2.05, 4.69) is 0 Å². The molecule has 0 bridgehead atoms. The molecule has 154 valence electrons. The molecule has 2 fully saturated rings. The zero-order valence-electron chi connectivity index (χ0n) is 16.9. The molecule has 1 aromatic carbocycles. The maximum atomic E-state index is 12.7. The van der Waals surface area contributed by atoms with Crippen molar-refractivity contribution < 1.29 is 23.8 Å². The molecule has 0 N–H and O–H groups in total. The highest BCUT2D eigenvalue weighted by molar-refractivity contribution is 5.94. The molecular formula is C21H30N2O5. The van der Waals surface area contributed by atoms with Gasteiger partial charge >= 0.3 is 0 Å². The lowest BCUT2D eigenvalue weighted by Gasteiger charge is -2.35. The minimum Gasteiger partial charge on any atom is -0.490 e. The quantitative estimate of drug-likeness (QED) is 0.769. The van der Waals surface area contributed by atoms with Gasteiger partial charge in [-0.2, -0.15) is 0 Å². The number of carbonyl (C=O) groups is 2. The highest BCUT2D eigenvalue weighted by atomic mass is 16.5. The zero-order valence-corrected chi connectivity index (χ0v) is 16.9. The molecule has 2 aliphatic rings. The number of carbonyl (C=O) groups excluding carboxylic acids is 2. The molecule has 0 radical (unpaired) electrons. The van der Waals surface area contributed by atoms with Crippen LogP contribution in [0, 0.1) is 0 Å². The Balaban J connectivity index is 1.51. The van der Waals surface area contributed by atoms with Gasteiger partial charge in [-0.3, -0.25) is 9.59 Å². The monoisotopic (exact) mass is 390 g/mol. The summed E-state index contributed by atoms with van der Waals surface area (Å²) in [6, 6.07) is 7.34. The van der Waals surface area contributed by atoms with Crippen molar-refractivity contribution in [1.82, 2.24) is 9.80 Å². The van der Waals surface area contributed by atoms with E-state index in [1.165, 1.54) is 7.11 Å². The van der Waals surface area contributed by atoms with E-state index in [-0.39, 0.29) is 36.7 Å². The molecule has 0 aliphatic carbocycles. The van der Waals surface area contributed by atoms with Crippen molar-refractivity contribution in [1.29, 1.82) is 0 Å². The van der Waals surface area contributed by atoms with Crippen molar-refractivity contribution in [3.63, 3.8) is 0 Å². The Morgan fingerprint density at radius 1 is 1.04 bits per heavy atom. The molecule has 7 nitrogen and oxygen atoms in total. The van der Waals surface area contributed by atoms with Crippen LogP contribution in [0.15, 0.2) is 24.3 Å². The maximum Gasteiger partial charge on any atom is 0.254 e. The van der Waals surface area contributed by atoms with Crippen molar-refractivity contribution >= 4 is 11.8 Å². The fourth-order valence-corrected chi connectivity index (χ4v) is 3.83. The predicted molar refractivity (Wildman–Crippen MR) is 104 cm³/mol. The van der Waals surface area contributed by atoms with E-state index in [1.807, 2.05) is 47.9 Å². The van der Waals surface area contributed by atoms with Gasteiger partial charge in [0.2, 0.25) is 5.91 Å². The summed E-state index contributed by atoms with van der Waals surface area (Å²) in [6.45, 7) is 6.68. The fourth-order valence-electron chi connectivity index (χ4n) is 3.83. The van der Waals surface area contributed by atoms with Crippen LogP contribution in [0.4, 0.5) is 0 Å². The van der Waals surface area contributed by atoms with Gasteiger partial charge in [-0.25, -0.2) is 0 Å². The molecule has 2 saturated heterocycles. The summed E-state index contributed by atoms with van der Waals surface area (Å²) in [6.07, 6.45) is 1.77. The minimum atomic E-state index is 0.0237. The van der Waals surface area contributed by atoms with Crippen molar-refractivity contribution in [3.05, 3.63) is 29.8 Å². The zero-order chi connectivity index (χ0) is 20.1. The highest BCUT2D eigenvalue weighted by Gasteiger charge is 2.27. The fraction of sp³-hybridized carbons (Fsp3) is 0.619. The Labute approximate surface area is 166 Å². The van der Waals surface area contributed by atoms with Gasteiger partial charge in [0.25, 0.3) is 5.91 Å². The number of nitrogens with zero attached hydrogens (tertiary/aromatic N) is 2. The van der Waals surface area contributed by atoms with Gasteiger partial charge in [0.05, 0.1) is 12.2 Å². The molecule has 2 amide bonds. The van der Waals surface area contributed by atoms with Gasteiger partial charge in [0.1, 0.15) is 18.5 Å². The number of ether oxygens (including phenoxy) is 3. The average molecular weight is 390 g/mol. The molecule has 2 heterocycles. The minimum absolute atomic E-state index is 0.0237. The van der Waals surface area contributed by atoms with Crippen LogP contribution in [0.3, 0.4) is 0 Å². The normalized spacial score (nSPS) is 23.5. The van der Waals surface area contributed by atoms with E-state index in [9.17, 15) is 9.59 Å². The summed E-state index contributed by atoms with van der Waals surface area (Å²) in [4.78, 5) is 28.2. The molecule has 0 unspecified atom stereocenters. The largest absolute Gasteiger partial charge is 0.490 e. The van der Waals surface area contributed by atoms with E-state index in [1.54, 1.807) is 0 Å². The molecular weight excluding hydrogens is 360 g/mol. The number of likely N-dealkylation sites (tertiary alicyclic amines) is 1. The Bertz CT molecular complexity index is 660. The first-order valence-electron chi connectivity index (χ1n) is 9.94. The number of hydrogen-bond donors (Lipinski definition) is 0. The number of benzene rings is 1. The number of methoxy groups -OCH3 is 1. The van der Waals surface area contributed by atoms with E-state index in [4.69, 9.17) is 14.2 Å². The molecule has 28 heavy (non-hydrogen) atoms. The van der Waals surface area contributed by atoms with Crippen LogP contribution < -0.4 is 4.74 Å². The predicted octanol–water partition coefficient (Wildman–Crippen LogP) is 1.95. The third-order valence-electron chi connectivity index (χ3n) is 5.17. The Morgan fingerprint density at radius 2 is 1.64 bits per heavy atom. The van der Waals surface area contributed by atoms with Crippen LogP contribution >= 0.6 is 0 Å². The summed E-state index contributed by atoms with van der Waals surface area (Å²) in [5.41, 5.74) is 0.661. The van der Waals surface area contributed by atoms with Gasteiger partial charge in [0.15, 0.2) is 0 Å². The third kappa shape index (κ3) is 5.23. The van der Waals surface area contributed by atoms with Gasteiger partial charge in [-0.1, -0.05) is 0 Å². The lowest BCUT2D eigenvalue weighted by molar-refractivity contribution is -0.136. The van der Waals surface area contributed by atoms with E-state index in [0.717, 1.165) is 18.6 Å². The Kier molecular flexibility index (Phi) is 6.91. The molecule has 2 atom stereocenters. The summed E-state index contributed by atoms with van der Waals surface area (Å²) in [5, 5.41) is 0.